The van der Waals surface area contributed by atoms with Gasteiger partial charge in [-0.15, -0.1) is 0 Å². The summed E-state index contributed by atoms with van der Waals surface area (Å²) < 4.78 is 0. The van der Waals surface area contributed by atoms with Crippen LogP contribution in [0.3, 0.4) is 0 Å². The molecule has 1 aromatic carbocycles. The van der Waals surface area contributed by atoms with E-state index in [0.29, 0.717) is 0 Å². The number of aryl methyl sites for hydroxylation is 2. The van der Waals surface area contributed by atoms with Gasteiger partial charge in [0.1, 0.15) is 0 Å². The van der Waals surface area contributed by atoms with Crippen molar-refractivity contribution in [3.8, 4) is 0 Å². The molecule has 26 heavy (non-hydrogen) atoms. The quantitative estimate of drug-likeness (QED) is 0.232. The average Bonchev–Trinajstić information content (AvgIpc) is 2.46. The molecule has 0 unspecified atom stereocenters. The Balaban J connectivity index is 0. The minimum atomic E-state index is -1.75. The van der Waals surface area contributed by atoms with E-state index < -0.39 is 10.2 Å². The molecule has 0 aliphatic carbocycles. The summed E-state index contributed by atoms with van der Waals surface area (Å²) in [6.07, 6.45) is 0. The average molecular weight is 410 g/mol. The summed E-state index contributed by atoms with van der Waals surface area (Å²) in [6.45, 7) is 4.02. The van der Waals surface area contributed by atoms with Gasteiger partial charge in [0.2, 0.25) is 0 Å². The molecule has 12 heteroatoms. The van der Waals surface area contributed by atoms with Crippen molar-refractivity contribution in [3.63, 3.8) is 0 Å². The smallest absolute Gasteiger partial charge is 0.457 e. The predicted octanol–water partition coefficient (Wildman–Crippen LogP) is 2.00. The molecule has 2 heterocycles. The molecule has 0 fully saturated rings. The maximum absolute atomic E-state index is 8.25. The Morgan fingerprint density at radius 1 is 0.692 bits per heavy atom. The molecule has 0 bridgehead atoms. The van der Waals surface area contributed by atoms with Crippen LogP contribution in [0.25, 0.3) is 21.8 Å². The molecule has 0 saturated carbocycles. The molecule has 0 saturated heterocycles. The number of aromatic nitrogens is 2. The van der Waals surface area contributed by atoms with Crippen molar-refractivity contribution in [1.29, 1.82) is 0 Å². The molecule has 0 spiro atoms. The van der Waals surface area contributed by atoms with Crippen molar-refractivity contribution >= 4 is 21.8 Å². The van der Waals surface area contributed by atoms with Gasteiger partial charge in [-0.25, -0.2) is 0 Å². The SMILES string of the molecule is Cc1ccc2ccc3ccc(C)nc3c2n1.O=[N+]([O-])[O-].O=[N+]([O-])[O-].[Co+2].[OH3+]. The van der Waals surface area contributed by atoms with Gasteiger partial charge in [0.25, 0.3) is 0 Å². The van der Waals surface area contributed by atoms with Crippen LogP contribution in [0, 0.1) is 44.5 Å². The first-order valence-corrected chi connectivity index (χ1v) is 6.47. The van der Waals surface area contributed by atoms with Gasteiger partial charge in [-0.3, -0.25) is 9.97 Å². The van der Waals surface area contributed by atoms with Gasteiger partial charge in [0, 0.05) is 22.2 Å². The molecule has 2 aromatic heterocycles. The van der Waals surface area contributed by atoms with Crippen molar-refractivity contribution in [2.75, 3.05) is 0 Å². The Labute approximate surface area is 157 Å². The van der Waals surface area contributed by atoms with E-state index in [2.05, 4.69) is 34.2 Å². The van der Waals surface area contributed by atoms with Crippen molar-refractivity contribution in [2.45, 2.75) is 13.8 Å². The molecular weight excluding hydrogens is 395 g/mol. The fraction of sp³-hybridized carbons (Fsp3) is 0.143. The zero-order chi connectivity index (χ0) is 18.3. The second-order valence-corrected chi connectivity index (χ2v) is 4.56. The van der Waals surface area contributed by atoms with Gasteiger partial charge in [0.05, 0.1) is 21.2 Å². The third-order valence-corrected chi connectivity index (χ3v) is 2.80. The summed E-state index contributed by atoms with van der Waals surface area (Å²) in [7, 11) is 0. The van der Waals surface area contributed by atoms with Crippen LogP contribution in [0.1, 0.15) is 11.4 Å². The second kappa shape index (κ2) is 11.5. The van der Waals surface area contributed by atoms with Gasteiger partial charge in [0.15, 0.2) is 0 Å². The maximum Gasteiger partial charge on any atom is 2.00 e. The monoisotopic (exact) mass is 410 g/mol. The van der Waals surface area contributed by atoms with Crippen molar-refractivity contribution in [1.82, 2.24) is 9.97 Å². The van der Waals surface area contributed by atoms with Gasteiger partial charge in [-0.05, 0) is 26.0 Å². The van der Waals surface area contributed by atoms with Gasteiger partial charge >= 0.3 is 16.8 Å². The standard InChI is InChI=1S/C14H12N2.Co.2NO3.H2O/c1-9-3-5-11-7-8-12-6-4-10(2)16-14(12)13(11)15-9;;2*2-1(3)4;/h3-8H,1-2H3;;;;1H2/q;+2;2*-1;/p+1. The molecule has 3 rings (SSSR count). The molecule has 3 N–H and O–H groups in total. The topological polar surface area (TPSA) is 191 Å². The van der Waals surface area contributed by atoms with Gasteiger partial charge in [-0.2, -0.15) is 0 Å². The van der Waals surface area contributed by atoms with E-state index in [1.165, 1.54) is 0 Å². The fourth-order valence-corrected chi connectivity index (χ4v) is 1.96. The van der Waals surface area contributed by atoms with Gasteiger partial charge < -0.3 is 36.1 Å². The Bertz CT molecular complexity index is 811. The van der Waals surface area contributed by atoms with Crippen LogP contribution < -0.4 is 0 Å². The summed E-state index contributed by atoms with van der Waals surface area (Å²) in [6, 6.07) is 12.5. The van der Waals surface area contributed by atoms with E-state index in [4.69, 9.17) is 30.6 Å². The predicted molar refractivity (Wildman–Crippen MR) is 92.1 cm³/mol. The molecule has 11 nitrogen and oxygen atoms in total. The largest absolute Gasteiger partial charge is 2.00 e. The van der Waals surface area contributed by atoms with E-state index in [9.17, 15) is 0 Å². The number of rotatable bonds is 0. The first kappa shape index (κ1) is 25.2. The molecule has 0 aliphatic heterocycles. The van der Waals surface area contributed by atoms with Crippen LogP contribution in [0.15, 0.2) is 36.4 Å². The first-order valence-electron chi connectivity index (χ1n) is 6.47. The molecule has 0 atom stereocenters. The maximum atomic E-state index is 8.25. The van der Waals surface area contributed by atoms with E-state index >= 15 is 0 Å². The van der Waals surface area contributed by atoms with E-state index in [1.54, 1.807) is 0 Å². The summed E-state index contributed by atoms with van der Waals surface area (Å²) in [5.41, 5.74) is 4.06. The first-order chi connectivity index (χ1) is 11.2. The number of fused-ring (bicyclic) bond motifs is 3. The summed E-state index contributed by atoms with van der Waals surface area (Å²) in [5.74, 6) is 0. The van der Waals surface area contributed by atoms with E-state index in [-0.39, 0.29) is 22.3 Å². The molecule has 3 aromatic rings. The van der Waals surface area contributed by atoms with Crippen molar-refractivity contribution in [3.05, 3.63) is 78.4 Å². The summed E-state index contributed by atoms with van der Waals surface area (Å²) >= 11 is 0. The number of nitrogens with zero attached hydrogens (tertiary/aromatic N) is 4. The molecule has 141 valence electrons. The van der Waals surface area contributed by atoms with Crippen LogP contribution in [0.4, 0.5) is 0 Å². The Kier molecular flexibility index (Phi) is 11.1. The molecule has 1 radical (unpaired) electrons. The van der Waals surface area contributed by atoms with E-state index in [1.807, 2.05) is 26.0 Å². The van der Waals surface area contributed by atoms with E-state index in [0.717, 1.165) is 33.2 Å². The minimum absolute atomic E-state index is 0. The van der Waals surface area contributed by atoms with Crippen LogP contribution in [-0.2, 0) is 22.3 Å². The van der Waals surface area contributed by atoms with Crippen molar-refractivity contribution in [2.24, 2.45) is 0 Å². The van der Waals surface area contributed by atoms with Gasteiger partial charge in [-0.1, -0.05) is 24.3 Å². The number of benzene rings is 1. The number of hydrogen-bond donors (Lipinski definition) is 0. The normalized spacial score (nSPS) is 8.69. The minimum Gasteiger partial charge on any atom is -0.457 e. The summed E-state index contributed by atoms with van der Waals surface area (Å²) in [5, 5.41) is 31.8. The second-order valence-electron chi connectivity index (χ2n) is 4.56. The van der Waals surface area contributed by atoms with Crippen LogP contribution in [0.5, 0.6) is 0 Å². The zero-order valence-electron chi connectivity index (χ0n) is 13.6. The molecule has 0 amide bonds. The van der Waals surface area contributed by atoms with Crippen molar-refractivity contribution < 1.29 is 32.4 Å². The Hall–Kier alpha value is -3.09. The van der Waals surface area contributed by atoms with Crippen LogP contribution in [0.2, 0.25) is 0 Å². The van der Waals surface area contributed by atoms with Crippen LogP contribution >= 0.6 is 0 Å². The fourth-order valence-electron chi connectivity index (χ4n) is 1.96. The van der Waals surface area contributed by atoms with Crippen LogP contribution in [-0.4, -0.2) is 20.1 Å². The Morgan fingerprint density at radius 3 is 1.19 bits per heavy atom. The third-order valence-electron chi connectivity index (χ3n) is 2.80. The number of hydrogen-bond acceptors (Lipinski definition) is 8. The molecule has 0 aliphatic rings. The zero-order valence-corrected chi connectivity index (χ0v) is 14.7. The summed E-state index contributed by atoms with van der Waals surface area (Å²) in [4.78, 5) is 25.7. The Morgan fingerprint density at radius 2 is 0.923 bits per heavy atom. The molecular formula is C14H15CoN4O7+. The third kappa shape index (κ3) is 8.14. The number of pyridine rings is 2.